The monoisotopic (exact) mass is 259 g/mol. The zero-order valence-corrected chi connectivity index (χ0v) is 7.83. The van der Waals surface area contributed by atoms with Crippen LogP contribution in [0.15, 0.2) is 34.9 Å². The second-order valence-electron chi connectivity index (χ2n) is 2.27. The first kappa shape index (κ1) is 6.97. The third-order valence-electron chi connectivity index (χ3n) is 1.56. The van der Waals surface area contributed by atoms with E-state index in [9.17, 15) is 0 Å². The molecule has 1 heterocycles. The van der Waals surface area contributed by atoms with Crippen molar-refractivity contribution < 1.29 is 4.42 Å². The Balaban J connectivity index is 2.67. The molecule has 11 heavy (non-hydrogen) atoms. The molecule has 2 aromatic rings. The van der Waals surface area contributed by atoms with Crippen molar-refractivity contribution in [1.82, 2.24) is 0 Å². The molecule has 0 spiro atoms. The minimum absolute atomic E-state index is 0.931. The average Bonchev–Trinajstić information content (AvgIpc) is 2.50. The fourth-order valence-electron chi connectivity index (χ4n) is 1.03. The van der Waals surface area contributed by atoms with Crippen LogP contribution in [0.3, 0.4) is 0 Å². The predicted molar refractivity (Wildman–Crippen MR) is 53.9 cm³/mol. The van der Waals surface area contributed by atoms with Crippen LogP contribution in [0, 0.1) is 0 Å². The van der Waals surface area contributed by atoms with E-state index in [1.807, 2.05) is 24.3 Å². The summed E-state index contributed by atoms with van der Waals surface area (Å²) >= 11 is 2.10. The fourth-order valence-corrected chi connectivity index (χ4v) is 1.36. The van der Waals surface area contributed by atoms with E-state index >= 15 is 0 Å². The van der Waals surface area contributed by atoms with Crippen LogP contribution in [0.1, 0.15) is 0 Å². The second-order valence-corrected chi connectivity index (χ2v) is 2.81. The van der Waals surface area contributed by atoms with Crippen LogP contribution in [0.2, 0.25) is 0 Å². The Morgan fingerprint density at radius 3 is 3.00 bits per heavy atom. The third-order valence-corrected chi connectivity index (χ3v) is 2.18. The number of benzene rings is 1. The van der Waals surface area contributed by atoms with Crippen LogP contribution in [0.4, 0.5) is 5.69 Å². The lowest BCUT2D eigenvalue weighted by molar-refractivity contribution is 0.616. The lowest BCUT2D eigenvalue weighted by Gasteiger charge is -1.95. The number of nitrogens with one attached hydrogen (secondary N) is 1. The standard InChI is InChI=1S/C8H6INO/c9-10-7-1-2-8-6(5-7)3-4-11-8/h1-5,10H. The molecule has 0 aliphatic carbocycles. The van der Waals surface area contributed by atoms with Gasteiger partial charge >= 0.3 is 0 Å². The first-order valence-corrected chi connectivity index (χ1v) is 4.32. The zero-order valence-electron chi connectivity index (χ0n) is 5.67. The molecule has 0 saturated carbocycles. The van der Waals surface area contributed by atoms with E-state index in [0.717, 1.165) is 16.7 Å². The molecule has 56 valence electrons. The summed E-state index contributed by atoms with van der Waals surface area (Å²) in [6.45, 7) is 0. The van der Waals surface area contributed by atoms with Gasteiger partial charge in [-0.3, -0.25) is 0 Å². The van der Waals surface area contributed by atoms with Crippen LogP contribution in [-0.4, -0.2) is 0 Å². The molecule has 0 bridgehead atoms. The number of anilines is 1. The summed E-state index contributed by atoms with van der Waals surface area (Å²) in [4.78, 5) is 0. The maximum absolute atomic E-state index is 5.19. The van der Waals surface area contributed by atoms with Crippen LogP contribution in [0.25, 0.3) is 11.0 Å². The van der Waals surface area contributed by atoms with Crippen molar-refractivity contribution in [2.75, 3.05) is 3.53 Å². The molecule has 2 rings (SSSR count). The average molecular weight is 259 g/mol. The Hall–Kier alpha value is -0.710. The van der Waals surface area contributed by atoms with E-state index in [0.29, 0.717) is 0 Å². The molecule has 0 atom stereocenters. The van der Waals surface area contributed by atoms with Crippen molar-refractivity contribution in [3.8, 4) is 0 Å². The van der Waals surface area contributed by atoms with Crippen LogP contribution in [-0.2, 0) is 0 Å². The van der Waals surface area contributed by atoms with Crippen molar-refractivity contribution in [2.24, 2.45) is 0 Å². The zero-order chi connectivity index (χ0) is 7.68. The molecule has 0 fully saturated rings. The van der Waals surface area contributed by atoms with E-state index in [1.54, 1.807) is 6.26 Å². The SMILES string of the molecule is INc1ccc2occc2c1. The van der Waals surface area contributed by atoms with Crippen LogP contribution >= 0.6 is 22.9 Å². The summed E-state index contributed by atoms with van der Waals surface area (Å²) in [5, 5.41) is 1.13. The second kappa shape index (κ2) is 2.73. The van der Waals surface area contributed by atoms with Crippen molar-refractivity contribution in [1.29, 1.82) is 0 Å². The number of furan rings is 1. The summed E-state index contributed by atoms with van der Waals surface area (Å²) in [5.74, 6) is 0. The number of fused-ring (bicyclic) bond motifs is 1. The Morgan fingerprint density at radius 1 is 1.27 bits per heavy atom. The quantitative estimate of drug-likeness (QED) is 0.628. The lowest BCUT2D eigenvalue weighted by Crippen LogP contribution is -1.76. The molecule has 0 radical (unpaired) electrons. The summed E-state index contributed by atoms with van der Waals surface area (Å²) in [5.41, 5.74) is 2.03. The predicted octanol–water partition coefficient (Wildman–Crippen LogP) is 3.19. The number of halogens is 1. The van der Waals surface area contributed by atoms with Gasteiger partial charge < -0.3 is 7.95 Å². The van der Waals surface area contributed by atoms with Crippen molar-refractivity contribution in [3.05, 3.63) is 30.5 Å². The Labute approximate surface area is 78.1 Å². The normalized spacial score (nSPS) is 10.3. The van der Waals surface area contributed by atoms with Crippen LogP contribution in [0.5, 0.6) is 0 Å². The molecule has 0 aliphatic rings. The van der Waals surface area contributed by atoms with Gasteiger partial charge in [-0.2, -0.15) is 0 Å². The molecule has 0 saturated heterocycles. The first-order valence-electron chi connectivity index (χ1n) is 3.24. The smallest absolute Gasteiger partial charge is 0.133 e. The molecule has 0 aliphatic heterocycles. The third kappa shape index (κ3) is 1.20. The highest BCUT2D eigenvalue weighted by atomic mass is 127. The number of hydrogen-bond acceptors (Lipinski definition) is 2. The van der Waals surface area contributed by atoms with Gasteiger partial charge in [-0.1, -0.05) is 0 Å². The molecular weight excluding hydrogens is 253 g/mol. The number of rotatable bonds is 1. The van der Waals surface area contributed by atoms with E-state index in [-0.39, 0.29) is 0 Å². The molecular formula is C8H6INO. The molecule has 0 unspecified atom stereocenters. The van der Waals surface area contributed by atoms with Crippen molar-refractivity contribution in [2.45, 2.75) is 0 Å². The van der Waals surface area contributed by atoms with Gasteiger partial charge in [-0.25, -0.2) is 0 Å². The van der Waals surface area contributed by atoms with E-state index < -0.39 is 0 Å². The van der Waals surface area contributed by atoms with Crippen molar-refractivity contribution >= 4 is 39.5 Å². The maximum atomic E-state index is 5.19. The molecule has 1 aromatic carbocycles. The van der Waals surface area contributed by atoms with E-state index in [4.69, 9.17) is 4.42 Å². The Bertz CT molecular complexity index is 369. The highest BCUT2D eigenvalue weighted by Crippen LogP contribution is 2.20. The summed E-state index contributed by atoms with van der Waals surface area (Å²) < 4.78 is 8.22. The maximum Gasteiger partial charge on any atom is 0.133 e. The van der Waals surface area contributed by atoms with Gasteiger partial charge in [-0.15, -0.1) is 0 Å². The van der Waals surface area contributed by atoms with Gasteiger partial charge in [0.25, 0.3) is 0 Å². The summed E-state index contributed by atoms with van der Waals surface area (Å²) in [6, 6.07) is 7.94. The lowest BCUT2D eigenvalue weighted by atomic mass is 10.2. The van der Waals surface area contributed by atoms with E-state index in [2.05, 4.69) is 26.4 Å². The molecule has 1 N–H and O–H groups in total. The van der Waals surface area contributed by atoms with Gasteiger partial charge in [0.05, 0.1) is 29.1 Å². The van der Waals surface area contributed by atoms with Gasteiger partial charge in [0.1, 0.15) is 5.58 Å². The highest BCUT2D eigenvalue weighted by Gasteiger charge is 1.95. The Kier molecular flexibility index (Phi) is 1.73. The van der Waals surface area contributed by atoms with Gasteiger partial charge in [-0.05, 0) is 24.3 Å². The van der Waals surface area contributed by atoms with Gasteiger partial charge in [0, 0.05) is 11.1 Å². The first-order chi connectivity index (χ1) is 5.40. The minimum Gasteiger partial charge on any atom is -0.464 e. The minimum atomic E-state index is 0.931. The largest absolute Gasteiger partial charge is 0.464 e. The van der Waals surface area contributed by atoms with Gasteiger partial charge in [0.2, 0.25) is 0 Å². The summed E-state index contributed by atoms with van der Waals surface area (Å²) in [6.07, 6.45) is 1.70. The van der Waals surface area contributed by atoms with Gasteiger partial charge in [0.15, 0.2) is 0 Å². The number of hydrogen-bond donors (Lipinski definition) is 1. The van der Waals surface area contributed by atoms with Crippen LogP contribution < -0.4 is 3.53 Å². The van der Waals surface area contributed by atoms with E-state index in [1.165, 1.54) is 0 Å². The molecule has 2 nitrogen and oxygen atoms in total. The Morgan fingerprint density at radius 2 is 2.18 bits per heavy atom. The summed E-state index contributed by atoms with van der Waals surface area (Å²) in [7, 11) is 0. The highest BCUT2D eigenvalue weighted by molar-refractivity contribution is 14.1. The topological polar surface area (TPSA) is 25.2 Å². The molecule has 1 aromatic heterocycles. The van der Waals surface area contributed by atoms with Crippen molar-refractivity contribution in [3.63, 3.8) is 0 Å². The fraction of sp³-hybridized carbons (Fsp3) is 0. The molecule has 3 heteroatoms. The molecule has 0 amide bonds.